The van der Waals surface area contributed by atoms with Crippen molar-refractivity contribution < 1.29 is 24.1 Å². The van der Waals surface area contributed by atoms with E-state index in [-0.39, 0.29) is 32.0 Å². The number of azide groups is 2. The first-order chi connectivity index (χ1) is 25.5. The Labute approximate surface area is 301 Å². The van der Waals surface area contributed by atoms with Crippen LogP contribution < -0.4 is 20.3 Å². The van der Waals surface area contributed by atoms with Gasteiger partial charge in [-0.3, -0.25) is 10.2 Å². The number of carbonyl (C=O) groups excluding carboxylic acids is 1. The van der Waals surface area contributed by atoms with Gasteiger partial charge >= 0.3 is 0 Å². The highest BCUT2D eigenvalue weighted by atomic mass is 16.5. The van der Waals surface area contributed by atoms with Crippen LogP contribution in [0.15, 0.2) is 112 Å². The molecule has 0 unspecified atom stereocenters. The van der Waals surface area contributed by atoms with E-state index < -0.39 is 17.6 Å². The van der Waals surface area contributed by atoms with Crippen LogP contribution in [0.4, 0.5) is 0 Å². The molecular weight excluding hydrogens is 662 g/mol. The maximum Gasteiger partial charge on any atom is 0.266 e. The van der Waals surface area contributed by atoms with Crippen LogP contribution in [0.5, 0.6) is 11.5 Å². The Morgan fingerprint density at radius 1 is 0.885 bits per heavy atom. The minimum atomic E-state index is -1.58. The molecular formula is C38H41N9O5. The number of nitrogens with zero attached hydrogens (tertiary/aromatic N) is 7. The minimum absolute atomic E-state index is 0.0246. The van der Waals surface area contributed by atoms with Gasteiger partial charge in [0.2, 0.25) is 5.90 Å². The van der Waals surface area contributed by atoms with Crippen LogP contribution in [-0.4, -0.2) is 48.8 Å². The molecule has 52 heavy (non-hydrogen) atoms. The van der Waals surface area contributed by atoms with Crippen LogP contribution in [0.1, 0.15) is 52.8 Å². The Balaban J connectivity index is 1.56. The van der Waals surface area contributed by atoms with Gasteiger partial charge in [-0.1, -0.05) is 77.0 Å². The lowest BCUT2D eigenvalue weighted by Gasteiger charge is -2.32. The zero-order valence-electron chi connectivity index (χ0n) is 28.9. The van der Waals surface area contributed by atoms with Crippen molar-refractivity contribution in [1.82, 2.24) is 10.9 Å². The molecule has 4 aromatic rings. The summed E-state index contributed by atoms with van der Waals surface area (Å²) < 4.78 is 18.2. The zero-order chi connectivity index (χ0) is 36.6. The fourth-order valence-corrected chi connectivity index (χ4v) is 6.04. The van der Waals surface area contributed by atoms with E-state index in [1.807, 2.05) is 79.7 Å². The summed E-state index contributed by atoms with van der Waals surface area (Å²) >= 11 is 0. The number of hydrogen-bond acceptors (Lipinski definition) is 9. The van der Waals surface area contributed by atoms with Gasteiger partial charge in [0.1, 0.15) is 11.5 Å². The van der Waals surface area contributed by atoms with E-state index in [4.69, 9.17) is 35.4 Å². The fraction of sp³-hybridized carbons (Fsp3) is 0.316. The van der Waals surface area contributed by atoms with Crippen molar-refractivity contribution in [2.24, 2.45) is 15.2 Å². The van der Waals surface area contributed by atoms with E-state index in [0.29, 0.717) is 55.0 Å². The third kappa shape index (κ3) is 9.19. The van der Waals surface area contributed by atoms with Gasteiger partial charge in [-0.25, -0.2) is 10.4 Å². The highest BCUT2D eigenvalue weighted by Gasteiger charge is 2.54. The molecule has 0 saturated heterocycles. The van der Waals surface area contributed by atoms with Gasteiger partial charge < -0.3 is 19.3 Å². The van der Waals surface area contributed by atoms with Crippen LogP contribution in [0, 0.1) is 0 Å². The third-order valence-electron chi connectivity index (χ3n) is 8.55. The number of aliphatic imine (C=N–C) groups is 1. The molecule has 1 aliphatic rings. The monoisotopic (exact) mass is 703 g/mol. The second-order valence-corrected chi connectivity index (χ2v) is 11.9. The summed E-state index contributed by atoms with van der Waals surface area (Å²) in [5.74, 6) is 1.18. The number of rotatable bonds is 19. The maximum atomic E-state index is 14.8. The number of amides is 1. The Morgan fingerprint density at radius 2 is 1.54 bits per heavy atom. The van der Waals surface area contributed by atoms with Gasteiger partial charge in [0.15, 0.2) is 11.6 Å². The number of aliphatic hydroxyl groups is 1. The second kappa shape index (κ2) is 18.8. The smallest absolute Gasteiger partial charge is 0.266 e. The molecule has 4 aromatic carbocycles. The average molecular weight is 704 g/mol. The molecule has 0 saturated carbocycles. The summed E-state index contributed by atoms with van der Waals surface area (Å²) in [6, 6.07) is 29.7. The summed E-state index contributed by atoms with van der Waals surface area (Å²) in [5.41, 5.74) is 27.1. The van der Waals surface area contributed by atoms with Crippen molar-refractivity contribution in [2.75, 3.05) is 26.4 Å². The first-order valence-electron chi connectivity index (χ1n) is 17.0. The van der Waals surface area contributed by atoms with Gasteiger partial charge in [-0.15, -0.1) is 0 Å². The Hall–Kier alpha value is -6.04. The molecule has 14 heteroatoms. The van der Waals surface area contributed by atoms with Crippen molar-refractivity contribution in [2.45, 2.75) is 50.9 Å². The summed E-state index contributed by atoms with van der Waals surface area (Å²) in [5, 5.41) is 16.7. The molecule has 0 radical (unpaired) electrons. The average Bonchev–Trinajstić information content (AvgIpc) is 3.56. The quantitative estimate of drug-likeness (QED) is 0.0314. The number of para-hydroxylation sites is 1. The molecule has 3 N–H and O–H groups in total. The van der Waals surface area contributed by atoms with E-state index in [2.05, 4.69) is 30.9 Å². The van der Waals surface area contributed by atoms with Crippen LogP contribution in [-0.2, 0) is 35.5 Å². The predicted octanol–water partition coefficient (Wildman–Crippen LogP) is 6.83. The van der Waals surface area contributed by atoms with Crippen molar-refractivity contribution >= 4 is 11.8 Å². The molecule has 14 nitrogen and oxygen atoms in total. The van der Waals surface area contributed by atoms with Gasteiger partial charge in [0.25, 0.3) is 5.91 Å². The fourth-order valence-electron chi connectivity index (χ4n) is 6.04. The van der Waals surface area contributed by atoms with Crippen LogP contribution in [0.3, 0.4) is 0 Å². The molecule has 0 aliphatic carbocycles. The lowest BCUT2D eigenvalue weighted by atomic mass is 9.80. The van der Waals surface area contributed by atoms with Crippen LogP contribution in [0.2, 0.25) is 0 Å². The van der Waals surface area contributed by atoms with Crippen molar-refractivity contribution in [3.8, 4) is 11.5 Å². The summed E-state index contributed by atoms with van der Waals surface area (Å²) in [7, 11) is 0. The van der Waals surface area contributed by atoms with E-state index in [1.54, 1.807) is 24.3 Å². The Morgan fingerprint density at radius 3 is 2.25 bits per heavy atom. The normalized spacial score (nSPS) is 16.1. The molecule has 0 bridgehead atoms. The third-order valence-corrected chi connectivity index (χ3v) is 8.55. The van der Waals surface area contributed by atoms with Crippen molar-refractivity contribution in [3.05, 3.63) is 151 Å². The van der Waals surface area contributed by atoms with Crippen molar-refractivity contribution in [3.63, 3.8) is 0 Å². The number of nitrogens with one attached hydrogen (secondary N) is 2. The molecule has 5 rings (SSSR count). The predicted molar refractivity (Wildman–Crippen MR) is 196 cm³/mol. The largest absolute Gasteiger partial charge is 0.494 e. The highest BCUT2D eigenvalue weighted by Crippen LogP contribution is 2.44. The number of hydrazine groups is 1. The number of hydrogen-bond donors (Lipinski definition) is 3. The first-order valence-corrected chi connectivity index (χ1v) is 17.0. The standard InChI is InChI=1S/C38H41N9O5/c1-2-50-34-15-8-6-10-27(34)20-21-41-45-37(49)38(24-29-11-3-4-12-30(29)25-42-46-39)35(33-14-7-5-13-31(33)26-43-47-40)52-36(44-38)28-16-18-32(19-17-28)51-23-9-22-48/h3-8,10-19,35,41,48H,2,9,20-26H2,1H3,(H,45,49)/t35-,38-/m0/s1. The molecule has 1 aliphatic heterocycles. The topological polar surface area (TPSA) is 199 Å². The lowest BCUT2D eigenvalue weighted by molar-refractivity contribution is -0.130. The second-order valence-electron chi connectivity index (χ2n) is 11.9. The number of ether oxygens (including phenoxy) is 3. The van der Waals surface area contributed by atoms with E-state index in [1.165, 1.54) is 0 Å². The van der Waals surface area contributed by atoms with Gasteiger partial charge in [-0.05, 0) is 82.6 Å². The summed E-state index contributed by atoms with van der Waals surface area (Å²) in [6.45, 7) is 3.36. The molecule has 268 valence electrons. The maximum absolute atomic E-state index is 14.8. The first kappa shape index (κ1) is 37.2. The van der Waals surface area contributed by atoms with E-state index >= 15 is 0 Å². The molecule has 1 heterocycles. The minimum Gasteiger partial charge on any atom is -0.494 e. The summed E-state index contributed by atoms with van der Waals surface area (Å²) in [4.78, 5) is 25.8. The number of carbonyl (C=O) groups is 1. The van der Waals surface area contributed by atoms with Gasteiger partial charge in [0, 0.05) is 41.4 Å². The molecule has 0 aromatic heterocycles. The van der Waals surface area contributed by atoms with Gasteiger partial charge in [0.05, 0.1) is 26.3 Å². The molecule has 1 amide bonds. The van der Waals surface area contributed by atoms with E-state index in [0.717, 1.165) is 22.4 Å². The Bertz CT molecular complexity index is 1940. The van der Waals surface area contributed by atoms with Crippen molar-refractivity contribution in [1.29, 1.82) is 0 Å². The zero-order valence-corrected chi connectivity index (χ0v) is 28.9. The van der Waals surface area contributed by atoms with Crippen LogP contribution >= 0.6 is 0 Å². The Kier molecular flexibility index (Phi) is 13.5. The molecule has 2 atom stereocenters. The summed E-state index contributed by atoms with van der Waals surface area (Å²) in [6.07, 6.45) is 0.202. The van der Waals surface area contributed by atoms with E-state index in [9.17, 15) is 4.79 Å². The SMILES string of the molecule is CCOc1ccccc1CCNNC(=O)[C@@]1(Cc2ccccc2CN=[N+]=[N-])N=C(c2ccc(OCCCO)cc2)O[C@H]1c1ccccc1CN=[N+]=[N-]. The van der Waals surface area contributed by atoms with Crippen LogP contribution in [0.25, 0.3) is 20.9 Å². The molecule has 0 spiro atoms. The lowest BCUT2D eigenvalue weighted by Crippen LogP contribution is -2.54. The van der Waals surface area contributed by atoms with Gasteiger partial charge in [-0.2, -0.15) is 0 Å². The number of benzene rings is 4. The molecule has 0 fully saturated rings. The number of aliphatic hydroxyl groups excluding tert-OH is 1. The highest BCUT2D eigenvalue weighted by molar-refractivity contribution is 6.01.